The third kappa shape index (κ3) is 4.49. The molecule has 0 amide bonds. The van der Waals surface area contributed by atoms with E-state index in [-0.39, 0.29) is 12.2 Å². The first-order chi connectivity index (χ1) is 9.54. The van der Waals surface area contributed by atoms with Crippen LogP contribution >= 0.6 is 0 Å². The second-order valence-corrected chi connectivity index (χ2v) is 5.31. The topological polar surface area (TPSA) is 62.2 Å². The highest BCUT2D eigenvalue weighted by molar-refractivity contribution is 6.58. The van der Waals surface area contributed by atoms with Crippen LogP contribution in [0.5, 0.6) is 5.75 Å². The fraction of sp³-hybridized carbons (Fsp3) is 0.571. The first kappa shape index (κ1) is 15.3. The van der Waals surface area contributed by atoms with E-state index in [4.69, 9.17) is 19.5 Å². The standard InChI is InChI=1S/C14H22BNO4/c1-11-9-16(10-12(2)20-11)7-8-19-14-5-3-13(4-6-14)15(17)18/h3-6,11-12,17-18H,7-10H2,1-2H3/t11-,12+. The molecule has 20 heavy (non-hydrogen) atoms. The number of rotatable bonds is 5. The van der Waals surface area contributed by atoms with Gasteiger partial charge in [0.2, 0.25) is 0 Å². The van der Waals surface area contributed by atoms with Gasteiger partial charge in [0.15, 0.2) is 0 Å². The van der Waals surface area contributed by atoms with E-state index in [1.165, 1.54) is 0 Å². The molecule has 1 aliphatic heterocycles. The van der Waals surface area contributed by atoms with Crippen LogP contribution in [0.3, 0.4) is 0 Å². The van der Waals surface area contributed by atoms with Crippen LogP contribution in [0.1, 0.15) is 13.8 Å². The number of hydrogen-bond donors (Lipinski definition) is 2. The number of hydrogen-bond acceptors (Lipinski definition) is 5. The predicted molar refractivity (Wildman–Crippen MR) is 78.2 cm³/mol. The molecule has 0 aliphatic carbocycles. The van der Waals surface area contributed by atoms with Crippen LogP contribution in [0.15, 0.2) is 24.3 Å². The van der Waals surface area contributed by atoms with E-state index in [9.17, 15) is 0 Å². The van der Waals surface area contributed by atoms with Crippen molar-refractivity contribution < 1.29 is 19.5 Å². The Balaban J connectivity index is 1.75. The molecule has 1 saturated heterocycles. The molecule has 1 fully saturated rings. The van der Waals surface area contributed by atoms with Gasteiger partial charge in [-0.05, 0) is 31.4 Å². The number of benzene rings is 1. The second-order valence-electron chi connectivity index (χ2n) is 5.31. The quantitative estimate of drug-likeness (QED) is 0.734. The smallest absolute Gasteiger partial charge is 0.488 e. The van der Waals surface area contributed by atoms with Crippen molar-refractivity contribution in [1.29, 1.82) is 0 Å². The van der Waals surface area contributed by atoms with Crippen LogP contribution in [0.4, 0.5) is 0 Å². The van der Waals surface area contributed by atoms with Gasteiger partial charge in [-0.1, -0.05) is 12.1 Å². The zero-order valence-electron chi connectivity index (χ0n) is 12.0. The summed E-state index contributed by atoms with van der Waals surface area (Å²) in [6.07, 6.45) is 0.535. The van der Waals surface area contributed by atoms with Crippen molar-refractivity contribution in [2.45, 2.75) is 26.1 Å². The van der Waals surface area contributed by atoms with Crippen LogP contribution in [0.25, 0.3) is 0 Å². The normalized spacial score (nSPS) is 23.6. The minimum Gasteiger partial charge on any atom is -0.492 e. The summed E-state index contributed by atoms with van der Waals surface area (Å²) in [5.74, 6) is 0.740. The summed E-state index contributed by atoms with van der Waals surface area (Å²) in [5, 5.41) is 18.0. The van der Waals surface area contributed by atoms with Crippen LogP contribution < -0.4 is 10.2 Å². The lowest BCUT2D eigenvalue weighted by atomic mass is 9.80. The van der Waals surface area contributed by atoms with E-state index in [1.54, 1.807) is 24.3 Å². The van der Waals surface area contributed by atoms with Gasteiger partial charge in [-0.3, -0.25) is 4.90 Å². The molecule has 1 aromatic rings. The van der Waals surface area contributed by atoms with Crippen LogP contribution in [0.2, 0.25) is 0 Å². The van der Waals surface area contributed by atoms with E-state index in [0.717, 1.165) is 25.4 Å². The molecule has 6 heteroatoms. The van der Waals surface area contributed by atoms with Crippen molar-refractivity contribution in [3.05, 3.63) is 24.3 Å². The Morgan fingerprint density at radius 2 is 1.80 bits per heavy atom. The Morgan fingerprint density at radius 1 is 1.20 bits per heavy atom. The van der Waals surface area contributed by atoms with Crippen molar-refractivity contribution in [1.82, 2.24) is 4.90 Å². The van der Waals surface area contributed by atoms with E-state index >= 15 is 0 Å². The van der Waals surface area contributed by atoms with Crippen LogP contribution in [-0.2, 0) is 4.74 Å². The summed E-state index contributed by atoms with van der Waals surface area (Å²) in [6, 6.07) is 6.80. The SMILES string of the molecule is C[C@@H]1CN(CCOc2ccc(B(O)O)cc2)C[C@H](C)O1. The summed E-state index contributed by atoms with van der Waals surface area (Å²) in [7, 11) is -1.43. The van der Waals surface area contributed by atoms with Crippen LogP contribution in [-0.4, -0.2) is 60.5 Å². The fourth-order valence-electron chi connectivity index (χ4n) is 2.50. The molecule has 2 N–H and O–H groups in total. The highest BCUT2D eigenvalue weighted by Crippen LogP contribution is 2.11. The number of nitrogens with zero attached hydrogens (tertiary/aromatic N) is 1. The maximum absolute atomic E-state index is 9.01. The van der Waals surface area contributed by atoms with Crippen molar-refractivity contribution in [2.75, 3.05) is 26.2 Å². The largest absolute Gasteiger partial charge is 0.492 e. The summed E-state index contributed by atoms with van der Waals surface area (Å²) in [4.78, 5) is 2.34. The molecule has 0 spiro atoms. The third-order valence-corrected chi connectivity index (χ3v) is 3.35. The molecule has 0 bridgehead atoms. The fourth-order valence-corrected chi connectivity index (χ4v) is 2.50. The molecule has 5 nitrogen and oxygen atoms in total. The van der Waals surface area contributed by atoms with Gasteiger partial charge in [0, 0.05) is 19.6 Å². The first-order valence-electron chi connectivity index (χ1n) is 7.01. The molecule has 1 aromatic carbocycles. The Hall–Kier alpha value is -1.08. The minimum atomic E-state index is -1.43. The molecule has 110 valence electrons. The zero-order valence-corrected chi connectivity index (χ0v) is 12.0. The maximum atomic E-state index is 9.01. The first-order valence-corrected chi connectivity index (χ1v) is 7.01. The Kier molecular flexibility index (Phi) is 5.42. The molecule has 1 heterocycles. The van der Waals surface area contributed by atoms with Crippen molar-refractivity contribution in [2.24, 2.45) is 0 Å². The lowest BCUT2D eigenvalue weighted by molar-refractivity contribution is -0.0699. The number of morpholine rings is 1. The van der Waals surface area contributed by atoms with E-state index < -0.39 is 7.12 Å². The highest BCUT2D eigenvalue weighted by Gasteiger charge is 2.21. The lowest BCUT2D eigenvalue weighted by Crippen LogP contribution is -2.46. The average molecular weight is 279 g/mol. The molecule has 2 rings (SSSR count). The number of ether oxygens (including phenoxy) is 2. The zero-order chi connectivity index (χ0) is 14.5. The van der Waals surface area contributed by atoms with Crippen molar-refractivity contribution >= 4 is 12.6 Å². The van der Waals surface area contributed by atoms with Gasteiger partial charge in [0.25, 0.3) is 0 Å². The molecule has 1 aliphatic rings. The Bertz CT molecular complexity index is 402. The molecule has 0 radical (unpaired) electrons. The molecule has 0 saturated carbocycles. The molecule has 0 aromatic heterocycles. The molecular formula is C14H22BNO4. The van der Waals surface area contributed by atoms with Crippen LogP contribution in [0, 0.1) is 0 Å². The van der Waals surface area contributed by atoms with Gasteiger partial charge in [0.1, 0.15) is 12.4 Å². The summed E-state index contributed by atoms with van der Waals surface area (Å²) in [5.41, 5.74) is 0.466. The van der Waals surface area contributed by atoms with Gasteiger partial charge in [-0.25, -0.2) is 0 Å². The Labute approximate surface area is 120 Å². The van der Waals surface area contributed by atoms with Crippen molar-refractivity contribution in [3.8, 4) is 5.75 Å². The van der Waals surface area contributed by atoms with E-state index in [0.29, 0.717) is 12.1 Å². The Morgan fingerprint density at radius 3 is 2.35 bits per heavy atom. The average Bonchev–Trinajstić information content (AvgIpc) is 2.38. The lowest BCUT2D eigenvalue weighted by Gasteiger charge is -2.35. The second kappa shape index (κ2) is 7.08. The molecule has 2 atom stereocenters. The molecule has 0 unspecified atom stereocenters. The maximum Gasteiger partial charge on any atom is 0.488 e. The summed E-state index contributed by atoms with van der Waals surface area (Å²) in [6.45, 7) is 7.51. The van der Waals surface area contributed by atoms with Gasteiger partial charge in [-0.15, -0.1) is 0 Å². The monoisotopic (exact) mass is 279 g/mol. The predicted octanol–water partition coefficient (Wildman–Crippen LogP) is -0.146. The minimum absolute atomic E-state index is 0.268. The van der Waals surface area contributed by atoms with Gasteiger partial charge in [0.05, 0.1) is 12.2 Å². The van der Waals surface area contributed by atoms with E-state index in [1.807, 2.05) is 0 Å². The van der Waals surface area contributed by atoms with E-state index in [2.05, 4.69) is 18.7 Å². The molecular weight excluding hydrogens is 257 g/mol. The van der Waals surface area contributed by atoms with Gasteiger partial charge < -0.3 is 19.5 Å². The highest BCUT2D eigenvalue weighted by atomic mass is 16.5. The van der Waals surface area contributed by atoms with Gasteiger partial charge in [-0.2, -0.15) is 0 Å². The summed E-state index contributed by atoms with van der Waals surface area (Å²) < 4.78 is 11.4. The van der Waals surface area contributed by atoms with Gasteiger partial charge >= 0.3 is 7.12 Å². The third-order valence-electron chi connectivity index (χ3n) is 3.35. The summed E-state index contributed by atoms with van der Waals surface area (Å²) >= 11 is 0. The van der Waals surface area contributed by atoms with Crippen molar-refractivity contribution in [3.63, 3.8) is 0 Å².